The third-order valence-corrected chi connectivity index (χ3v) is 4.01. The number of halogens is 1. The highest BCUT2D eigenvalue weighted by Gasteiger charge is 2.23. The van der Waals surface area contributed by atoms with Gasteiger partial charge in [-0.15, -0.1) is 0 Å². The van der Waals surface area contributed by atoms with Crippen molar-refractivity contribution in [3.05, 3.63) is 29.6 Å². The van der Waals surface area contributed by atoms with Crippen molar-refractivity contribution >= 4 is 11.5 Å². The quantitative estimate of drug-likeness (QED) is 0.385. The molecule has 1 fully saturated rings. The van der Waals surface area contributed by atoms with E-state index in [1.165, 1.54) is 18.9 Å². The van der Waals surface area contributed by atoms with Gasteiger partial charge in [-0.3, -0.25) is 0 Å². The number of nitrogens with zero attached hydrogens (tertiary/aromatic N) is 2. The molecular formula is C15H22FN3O. The molecule has 1 aliphatic rings. The Morgan fingerprint density at radius 3 is 2.75 bits per heavy atom. The second kappa shape index (κ2) is 6.59. The number of hydrogen-bond donors (Lipinski definition) is 2. The first-order chi connectivity index (χ1) is 9.67. The van der Waals surface area contributed by atoms with Crippen molar-refractivity contribution in [1.82, 2.24) is 0 Å². The van der Waals surface area contributed by atoms with Crippen LogP contribution in [0.5, 0.6) is 0 Å². The molecule has 0 aromatic heterocycles. The van der Waals surface area contributed by atoms with E-state index in [1.54, 1.807) is 6.07 Å². The lowest BCUT2D eigenvalue weighted by Gasteiger charge is -2.34. The zero-order valence-electron chi connectivity index (χ0n) is 11.8. The summed E-state index contributed by atoms with van der Waals surface area (Å²) in [6.45, 7) is 3.98. The molecule has 0 aliphatic carbocycles. The molecule has 5 heteroatoms. The monoisotopic (exact) mass is 279 g/mol. The molecule has 1 aromatic rings. The number of rotatable bonds is 4. The number of oxime groups is 1. The Morgan fingerprint density at radius 1 is 1.45 bits per heavy atom. The van der Waals surface area contributed by atoms with Gasteiger partial charge in [0.1, 0.15) is 5.82 Å². The highest BCUT2D eigenvalue weighted by molar-refractivity contribution is 6.02. The van der Waals surface area contributed by atoms with E-state index in [4.69, 9.17) is 10.9 Å². The maximum Gasteiger partial charge on any atom is 0.175 e. The van der Waals surface area contributed by atoms with Crippen LogP contribution in [0.1, 0.15) is 38.2 Å². The first-order valence-electron chi connectivity index (χ1n) is 7.18. The van der Waals surface area contributed by atoms with Gasteiger partial charge in [0, 0.05) is 13.1 Å². The van der Waals surface area contributed by atoms with Crippen LogP contribution < -0.4 is 10.6 Å². The summed E-state index contributed by atoms with van der Waals surface area (Å²) in [5.41, 5.74) is 6.53. The first kappa shape index (κ1) is 14.6. The minimum atomic E-state index is -0.450. The molecule has 0 atom stereocenters. The van der Waals surface area contributed by atoms with Crippen LogP contribution in [0.15, 0.2) is 23.4 Å². The number of nitrogens with two attached hydrogens (primary N) is 1. The largest absolute Gasteiger partial charge is 0.409 e. The summed E-state index contributed by atoms with van der Waals surface area (Å²) in [5, 5.41) is 11.8. The van der Waals surface area contributed by atoms with Crippen molar-refractivity contribution in [3.8, 4) is 0 Å². The number of piperidine rings is 1. The third kappa shape index (κ3) is 3.03. The number of amidine groups is 1. The maximum atomic E-state index is 13.9. The second-order valence-corrected chi connectivity index (χ2v) is 5.34. The Balaban J connectivity index is 2.20. The van der Waals surface area contributed by atoms with Crippen molar-refractivity contribution in [1.29, 1.82) is 0 Å². The fourth-order valence-electron chi connectivity index (χ4n) is 2.95. The molecule has 0 spiro atoms. The highest BCUT2D eigenvalue weighted by atomic mass is 19.1. The van der Waals surface area contributed by atoms with Gasteiger partial charge in [0.2, 0.25) is 0 Å². The highest BCUT2D eigenvalue weighted by Crippen LogP contribution is 2.29. The van der Waals surface area contributed by atoms with Crippen molar-refractivity contribution in [2.24, 2.45) is 16.8 Å². The van der Waals surface area contributed by atoms with Crippen molar-refractivity contribution in [2.45, 2.75) is 32.6 Å². The smallest absolute Gasteiger partial charge is 0.175 e. The zero-order valence-corrected chi connectivity index (χ0v) is 11.8. The average Bonchev–Trinajstić information content (AvgIpc) is 2.47. The summed E-state index contributed by atoms with van der Waals surface area (Å²) < 4.78 is 13.9. The van der Waals surface area contributed by atoms with Crippen molar-refractivity contribution in [2.75, 3.05) is 18.0 Å². The van der Waals surface area contributed by atoms with Gasteiger partial charge in [0.25, 0.3) is 0 Å². The molecular weight excluding hydrogens is 257 g/mol. The zero-order chi connectivity index (χ0) is 14.5. The molecule has 110 valence electrons. The lowest BCUT2D eigenvalue weighted by atomic mass is 9.92. The summed E-state index contributed by atoms with van der Waals surface area (Å²) in [4.78, 5) is 2.13. The van der Waals surface area contributed by atoms with E-state index in [0.717, 1.165) is 37.5 Å². The van der Waals surface area contributed by atoms with Crippen LogP contribution in [-0.2, 0) is 0 Å². The summed E-state index contributed by atoms with van der Waals surface area (Å²) in [7, 11) is 0. The fourth-order valence-corrected chi connectivity index (χ4v) is 2.95. The molecule has 0 radical (unpaired) electrons. The molecule has 1 heterocycles. The summed E-state index contributed by atoms with van der Waals surface area (Å²) >= 11 is 0. The van der Waals surface area contributed by atoms with E-state index in [1.807, 2.05) is 6.07 Å². The van der Waals surface area contributed by atoms with E-state index in [0.29, 0.717) is 0 Å². The molecule has 1 aliphatic heterocycles. The van der Waals surface area contributed by atoms with Crippen LogP contribution in [0, 0.1) is 11.7 Å². The van der Waals surface area contributed by atoms with E-state index in [9.17, 15) is 4.39 Å². The van der Waals surface area contributed by atoms with Gasteiger partial charge in [-0.2, -0.15) is 0 Å². The third-order valence-electron chi connectivity index (χ3n) is 4.01. The summed E-state index contributed by atoms with van der Waals surface area (Å²) in [5.74, 6) is 0.138. The van der Waals surface area contributed by atoms with Gasteiger partial charge in [-0.05, 0) is 30.9 Å². The van der Waals surface area contributed by atoms with Gasteiger partial charge < -0.3 is 15.8 Å². The van der Waals surface area contributed by atoms with Crippen LogP contribution in [-0.4, -0.2) is 24.1 Å². The van der Waals surface area contributed by atoms with Crippen molar-refractivity contribution < 1.29 is 9.60 Å². The molecule has 4 nitrogen and oxygen atoms in total. The maximum absolute atomic E-state index is 13.9. The normalized spacial score (nSPS) is 17.5. The SMILES string of the molecule is CCCC1CCN(c2cccc(F)c2C(N)=NO)CC1. The number of benzene rings is 1. The minimum absolute atomic E-state index is 0.172. The Morgan fingerprint density at radius 2 is 2.15 bits per heavy atom. The van der Waals surface area contributed by atoms with Crippen LogP contribution >= 0.6 is 0 Å². The Labute approximate surface area is 119 Å². The van der Waals surface area contributed by atoms with E-state index in [2.05, 4.69) is 17.0 Å². The molecule has 0 unspecified atom stereocenters. The Bertz CT molecular complexity index is 482. The predicted octanol–water partition coefficient (Wildman–Crippen LogP) is 2.94. The van der Waals surface area contributed by atoms with Gasteiger partial charge in [0.15, 0.2) is 5.84 Å². The molecule has 3 N–H and O–H groups in total. The van der Waals surface area contributed by atoms with Crippen molar-refractivity contribution in [3.63, 3.8) is 0 Å². The van der Waals surface area contributed by atoms with E-state index in [-0.39, 0.29) is 11.4 Å². The Hall–Kier alpha value is -1.78. The Kier molecular flexibility index (Phi) is 4.82. The summed E-state index contributed by atoms with van der Waals surface area (Å²) in [6, 6.07) is 4.83. The second-order valence-electron chi connectivity index (χ2n) is 5.34. The molecule has 1 saturated heterocycles. The lowest BCUT2D eigenvalue weighted by Crippen LogP contribution is -2.35. The van der Waals surface area contributed by atoms with Gasteiger partial charge in [0.05, 0.1) is 11.3 Å². The van der Waals surface area contributed by atoms with Crippen LogP contribution in [0.4, 0.5) is 10.1 Å². The average molecular weight is 279 g/mol. The van der Waals surface area contributed by atoms with Gasteiger partial charge in [-0.1, -0.05) is 31.0 Å². The lowest BCUT2D eigenvalue weighted by molar-refractivity contribution is 0.318. The standard InChI is InChI=1S/C15H22FN3O/c1-2-4-11-7-9-19(10-8-11)13-6-3-5-12(16)14(13)15(17)18-20/h3,5-6,11,20H,2,4,7-10H2,1H3,(H2,17,18). The fraction of sp³-hybridized carbons (Fsp3) is 0.533. The molecule has 0 amide bonds. The molecule has 1 aromatic carbocycles. The molecule has 2 rings (SSSR count). The van der Waals surface area contributed by atoms with Gasteiger partial charge in [-0.25, -0.2) is 4.39 Å². The topological polar surface area (TPSA) is 61.8 Å². The van der Waals surface area contributed by atoms with Crippen LogP contribution in [0.2, 0.25) is 0 Å². The number of hydrogen-bond acceptors (Lipinski definition) is 3. The predicted molar refractivity (Wildman–Crippen MR) is 78.8 cm³/mol. The van der Waals surface area contributed by atoms with E-state index >= 15 is 0 Å². The van der Waals surface area contributed by atoms with Gasteiger partial charge >= 0.3 is 0 Å². The first-order valence-corrected chi connectivity index (χ1v) is 7.18. The number of anilines is 1. The molecule has 0 bridgehead atoms. The molecule has 20 heavy (non-hydrogen) atoms. The molecule has 0 saturated carbocycles. The van der Waals surface area contributed by atoms with Crippen LogP contribution in [0.3, 0.4) is 0 Å². The van der Waals surface area contributed by atoms with E-state index < -0.39 is 5.82 Å². The van der Waals surface area contributed by atoms with Crippen LogP contribution in [0.25, 0.3) is 0 Å². The minimum Gasteiger partial charge on any atom is -0.409 e. The summed E-state index contributed by atoms with van der Waals surface area (Å²) in [6.07, 6.45) is 4.68.